The van der Waals surface area contributed by atoms with Gasteiger partial charge in [-0.05, 0) is 55.1 Å². The lowest BCUT2D eigenvalue weighted by Gasteiger charge is -2.10. The summed E-state index contributed by atoms with van der Waals surface area (Å²) in [5, 5.41) is 2.92. The predicted octanol–water partition coefficient (Wildman–Crippen LogP) is 3.39. The second-order valence-corrected chi connectivity index (χ2v) is 5.89. The highest BCUT2D eigenvalue weighted by atomic mass is 35.5. The fourth-order valence-electron chi connectivity index (χ4n) is 2.42. The van der Waals surface area contributed by atoms with E-state index < -0.39 is 0 Å². The zero-order valence-corrected chi connectivity index (χ0v) is 15.5. The van der Waals surface area contributed by atoms with Gasteiger partial charge in [0.05, 0.1) is 6.42 Å². The molecule has 0 atom stereocenters. The fraction of sp³-hybridized carbons (Fsp3) is 0.350. The maximum Gasteiger partial charge on any atom is 0.224 e. The van der Waals surface area contributed by atoms with Crippen LogP contribution in [0.25, 0.3) is 0 Å². The van der Waals surface area contributed by atoms with Gasteiger partial charge in [-0.15, -0.1) is 12.4 Å². The maximum absolute atomic E-state index is 11.9. The van der Waals surface area contributed by atoms with Gasteiger partial charge in [0, 0.05) is 6.54 Å². The van der Waals surface area contributed by atoms with Crippen molar-refractivity contribution in [2.45, 2.75) is 32.8 Å². The number of hydrogen-bond donors (Lipinski definition) is 2. The number of hydrogen-bond acceptors (Lipinski definition) is 3. The molecule has 1 amide bonds. The van der Waals surface area contributed by atoms with Crippen molar-refractivity contribution in [1.82, 2.24) is 5.32 Å². The number of amides is 1. The van der Waals surface area contributed by atoms with Gasteiger partial charge < -0.3 is 15.8 Å². The summed E-state index contributed by atoms with van der Waals surface area (Å²) >= 11 is 0. The standard InChI is InChI=1S/C20H26N2O2.ClH/c1-16-7-2-3-9-18(16)15-24-19-10-6-8-17(13-19)14-20(23)22-12-5-4-11-21;/h2-3,6-10,13H,4-5,11-12,14-15,21H2,1H3,(H,22,23);1H. The van der Waals surface area contributed by atoms with Gasteiger partial charge in [0.25, 0.3) is 0 Å². The van der Waals surface area contributed by atoms with E-state index in [9.17, 15) is 4.79 Å². The molecule has 5 heteroatoms. The number of benzene rings is 2. The normalized spacial score (nSPS) is 10.0. The van der Waals surface area contributed by atoms with Crippen LogP contribution in [0.2, 0.25) is 0 Å². The van der Waals surface area contributed by atoms with Gasteiger partial charge in [-0.1, -0.05) is 36.4 Å². The van der Waals surface area contributed by atoms with E-state index in [1.54, 1.807) is 0 Å². The van der Waals surface area contributed by atoms with E-state index >= 15 is 0 Å². The Balaban J connectivity index is 0.00000312. The molecule has 0 radical (unpaired) electrons. The molecule has 0 aliphatic rings. The van der Waals surface area contributed by atoms with Crippen LogP contribution in [0.3, 0.4) is 0 Å². The first-order valence-corrected chi connectivity index (χ1v) is 8.42. The lowest BCUT2D eigenvalue weighted by molar-refractivity contribution is -0.120. The number of rotatable bonds is 9. The summed E-state index contributed by atoms with van der Waals surface area (Å²) in [6.07, 6.45) is 2.22. The highest BCUT2D eigenvalue weighted by Gasteiger charge is 2.05. The lowest BCUT2D eigenvalue weighted by Crippen LogP contribution is -2.26. The Bertz CT molecular complexity index is 662. The number of nitrogens with two attached hydrogens (primary N) is 1. The molecule has 0 bridgehead atoms. The number of carbonyl (C=O) groups is 1. The molecule has 2 aromatic carbocycles. The minimum absolute atomic E-state index is 0. The summed E-state index contributed by atoms with van der Waals surface area (Å²) < 4.78 is 5.86. The molecule has 0 saturated carbocycles. The first kappa shape index (κ1) is 21.0. The van der Waals surface area contributed by atoms with Gasteiger partial charge in [0.15, 0.2) is 0 Å². The smallest absolute Gasteiger partial charge is 0.224 e. The molecule has 2 aromatic rings. The second kappa shape index (κ2) is 11.5. The van der Waals surface area contributed by atoms with Crippen LogP contribution in [-0.2, 0) is 17.8 Å². The Morgan fingerprint density at radius 3 is 2.68 bits per heavy atom. The van der Waals surface area contributed by atoms with Crippen LogP contribution in [0.15, 0.2) is 48.5 Å². The number of unbranched alkanes of at least 4 members (excludes halogenated alkanes) is 1. The number of nitrogens with one attached hydrogen (secondary N) is 1. The number of carbonyl (C=O) groups excluding carboxylic acids is 1. The van der Waals surface area contributed by atoms with Gasteiger partial charge >= 0.3 is 0 Å². The molecule has 0 saturated heterocycles. The Kier molecular flexibility index (Phi) is 9.66. The SMILES string of the molecule is Cc1ccccc1COc1cccc(CC(=O)NCCCCN)c1.Cl. The summed E-state index contributed by atoms with van der Waals surface area (Å²) in [7, 11) is 0. The zero-order valence-electron chi connectivity index (χ0n) is 14.7. The Morgan fingerprint density at radius 1 is 1.12 bits per heavy atom. The Labute approximate surface area is 156 Å². The quantitative estimate of drug-likeness (QED) is 0.672. The first-order chi connectivity index (χ1) is 11.7. The number of aryl methyl sites for hydroxylation is 1. The summed E-state index contributed by atoms with van der Waals surface area (Å²) in [6.45, 7) is 3.95. The minimum Gasteiger partial charge on any atom is -0.489 e. The van der Waals surface area contributed by atoms with E-state index in [0.717, 1.165) is 24.2 Å². The van der Waals surface area contributed by atoms with E-state index in [2.05, 4.69) is 24.4 Å². The molecule has 0 aromatic heterocycles. The van der Waals surface area contributed by atoms with Crippen LogP contribution in [0.5, 0.6) is 5.75 Å². The summed E-state index contributed by atoms with van der Waals surface area (Å²) in [5.41, 5.74) is 8.77. The first-order valence-electron chi connectivity index (χ1n) is 8.42. The van der Waals surface area contributed by atoms with Crippen molar-refractivity contribution in [3.63, 3.8) is 0 Å². The second-order valence-electron chi connectivity index (χ2n) is 5.89. The molecule has 0 aliphatic heterocycles. The number of halogens is 1. The molecule has 0 fully saturated rings. The van der Waals surface area contributed by atoms with Crippen molar-refractivity contribution >= 4 is 18.3 Å². The van der Waals surface area contributed by atoms with Crippen LogP contribution < -0.4 is 15.8 Å². The molecule has 4 nitrogen and oxygen atoms in total. The largest absolute Gasteiger partial charge is 0.489 e. The van der Waals surface area contributed by atoms with Crippen LogP contribution in [0.1, 0.15) is 29.5 Å². The molecule has 0 heterocycles. The highest BCUT2D eigenvalue weighted by molar-refractivity contribution is 5.85. The molecule has 2 rings (SSSR count). The van der Waals surface area contributed by atoms with Crippen molar-refractivity contribution in [3.05, 3.63) is 65.2 Å². The highest BCUT2D eigenvalue weighted by Crippen LogP contribution is 2.17. The topological polar surface area (TPSA) is 64.3 Å². The van der Waals surface area contributed by atoms with Crippen LogP contribution in [0, 0.1) is 6.92 Å². The van der Waals surface area contributed by atoms with Crippen molar-refractivity contribution in [2.75, 3.05) is 13.1 Å². The van der Waals surface area contributed by atoms with Gasteiger partial charge in [0.2, 0.25) is 5.91 Å². The zero-order chi connectivity index (χ0) is 17.2. The summed E-state index contributed by atoms with van der Waals surface area (Å²) in [6, 6.07) is 15.9. The van der Waals surface area contributed by atoms with Crippen molar-refractivity contribution < 1.29 is 9.53 Å². The van der Waals surface area contributed by atoms with Crippen molar-refractivity contribution in [2.24, 2.45) is 5.73 Å². The monoisotopic (exact) mass is 362 g/mol. The molecular weight excluding hydrogens is 336 g/mol. The molecule has 0 unspecified atom stereocenters. The van der Waals surface area contributed by atoms with E-state index in [0.29, 0.717) is 26.1 Å². The van der Waals surface area contributed by atoms with Crippen molar-refractivity contribution in [1.29, 1.82) is 0 Å². The molecule has 136 valence electrons. The minimum atomic E-state index is 0. The third-order valence-corrected chi connectivity index (χ3v) is 3.87. The van der Waals surface area contributed by atoms with E-state index in [-0.39, 0.29) is 18.3 Å². The fourth-order valence-corrected chi connectivity index (χ4v) is 2.42. The van der Waals surface area contributed by atoms with Crippen LogP contribution in [-0.4, -0.2) is 19.0 Å². The van der Waals surface area contributed by atoms with Gasteiger partial charge in [-0.3, -0.25) is 4.79 Å². The predicted molar refractivity (Wildman–Crippen MR) is 104 cm³/mol. The average molecular weight is 363 g/mol. The lowest BCUT2D eigenvalue weighted by atomic mass is 10.1. The van der Waals surface area contributed by atoms with E-state index in [1.165, 1.54) is 11.1 Å². The Hall–Kier alpha value is -2.04. The van der Waals surface area contributed by atoms with Crippen LogP contribution >= 0.6 is 12.4 Å². The molecule has 0 spiro atoms. The molecule has 25 heavy (non-hydrogen) atoms. The Morgan fingerprint density at radius 2 is 1.92 bits per heavy atom. The van der Waals surface area contributed by atoms with Crippen LogP contribution in [0.4, 0.5) is 0 Å². The number of ether oxygens (including phenoxy) is 1. The third-order valence-electron chi connectivity index (χ3n) is 3.87. The van der Waals surface area contributed by atoms with E-state index in [4.69, 9.17) is 10.5 Å². The van der Waals surface area contributed by atoms with Gasteiger partial charge in [-0.25, -0.2) is 0 Å². The molecule has 3 N–H and O–H groups in total. The summed E-state index contributed by atoms with van der Waals surface area (Å²) in [5.74, 6) is 0.815. The average Bonchev–Trinajstić information content (AvgIpc) is 2.58. The van der Waals surface area contributed by atoms with Crippen molar-refractivity contribution in [3.8, 4) is 5.75 Å². The maximum atomic E-state index is 11.9. The molecule has 0 aliphatic carbocycles. The summed E-state index contributed by atoms with van der Waals surface area (Å²) in [4.78, 5) is 11.9. The van der Waals surface area contributed by atoms with E-state index in [1.807, 2.05) is 36.4 Å². The van der Waals surface area contributed by atoms with Gasteiger partial charge in [-0.2, -0.15) is 0 Å². The molecular formula is C20H27ClN2O2. The third kappa shape index (κ3) is 7.59. The van der Waals surface area contributed by atoms with Gasteiger partial charge in [0.1, 0.15) is 12.4 Å².